The minimum atomic E-state index is -0.748. The van der Waals surface area contributed by atoms with Crippen molar-refractivity contribution in [3.8, 4) is 11.4 Å². The number of aromatic nitrogens is 3. The summed E-state index contributed by atoms with van der Waals surface area (Å²) >= 11 is 0. The van der Waals surface area contributed by atoms with Crippen LogP contribution in [0, 0.1) is 11.7 Å². The highest BCUT2D eigenvalue weighted by Crippen LogP contribution is 2.33. The predicted octanol–water partition coefficient (Wildman–Crippen LogP) is 4.32. The normalized spacial score (nSPS) is 14.2. The zero-order chi connectivity index (χ0) is 22.0. The first-order valence-corrected chi connectivity index (χ1v) is 10.1. The summed E-state index contributed by atoms with van der Waals surface area (Å²) in [6, 6.07) is 11.2. The first kappa shape index (κ1) is 20.7. The molecule has 4 rings (SSSR count). The molecule has 0 bridgehead atoms. The summed E-state index contributed by atoms with van der Waals surface area (Å²) in [5, 5.41) is 8.60. The molecule has 0 unspecified atom stereocenters. The van der Waals surface area contributed by atoms with E-state index < -0.39 is 11.8 Å². The Kier molecular flexibility index (Phi) is 5.79. The Morgan fingerprint density at radius 2 is 1.94 bits per heavy atom. The van der Waals surface area contributed by atoms with E-state index in [1.807, 2.05) is 6.92 Å². The average Bonchev–Trinajstić information content (AvgIpc) is 3.53. The number of nitrogens with zero attached hydrogens (tertiary/aromatic N) is 3. The Hall–Kier alpha value is -3.55. The summed E-state index contributed by atoms with van der Waals surface area (Å²) in [6.07, 6.45) is 3.78. The van der Waals surface area contributed by atoms with Crippen molar-refractivity contribution in [2.45, 2.75) is 32.3 Å². The van der Waals surface area contributed by atoms with Crippen LogP contribution in [0.1, 0.15) is 58.7 Å². The number of ether oxygens (including phenoxy) is 2. The molecule has 7 nitrogen and oxygen atoms in total. The van der Waals surface area contributed by atoms with Crippen molar-refractivity contribution in [2.24, 2.45) is 5.92 Å². The second kappa shape index (κ2) is 8.67. The smallest absolute Gasteiger partial charge is 0.340 e. The van der Waals surface area contributed by atoms with Crippen LogP contribution in [0.3, 0.4) is 0 Å². The molecule has 1 aliphatic rings. The van der Waals surface area contributed by atoms with Crippen LogP contribution in [0.15, 0.2) is 48.7 Å². The largest absolute Gasteiger partial charge is 0.484 e. The van der Waals surface area contributed by atoms with Gasteiger partial charge in [-0.1, -0.05) is 6.92 Å². The number of Topliss-reactive ketones (excluding diaryl/α,β-unsaturated/α-hetero) is 1. The Morgan fingerprint density at radius 1 is 1.19 bits per heavy atom. The predicted molar refractivity (Wildman–Crippen MR) is 110 cm³/mol. The molecule has 0 saturated heterocycles. The Balaban J connectivity index is 1.48. The lowest BCUT2D eigenvalue weighted by atomic mass is 10.1. The van der Waals surface area contributed by atoms with Gasteiger partial charge in [-0.25, -0.2) is 9.18 Å². The lowest BCUT2D eigenvalue weighted by Crippen LogP contribution is -2.09. The lowest BCUT2D eigenvalue weighted by Gasteiger charge is -2.15. The molecule has 8 heteroatoms. The summed E-state index contributed by atoms with van der Waals surface area (Å²) in [6.45, 7) is 1.96. The molecule has 1 aromatic heterocycles. The summed E-state index contributed by atoms with van der Waals surface area (Å²) in [7, 11) is 1.19. The molecule has 0 spiro atoms. The van der Waals surface area contributed by atoms with Crippen LogP contribution in [0.2, 0.25) is 0 Å². The standard InChI is InChI=1S/C23H22FN3O4/c1-3-21(31-17-9-6-15(7-10-17)22(28)14-4-5-14)20-13-25-27(26-20)16-8-11-18(19(24)12-16)23(29)30-2/h6-14,21H,3-5H2,1-2H3/t21-/m0/s1. The number of benzene rings is 2. The van der Waals surface area contributed by atoms with Crippen molar-refractivity contribution in [2.75, 3.05) is 7.11 Å². The third-order valence-electron chi connectivity index (χ3n) is 5.16. The third kappa shape index (κ3) is 4.47. The van der Waals surface area contributed by atoms with Gasteiger partial charge in [-0.2, -0.15) is 9.90 Å². The Labute approximate surface area is 178 Å². The molecule has 160 valence electrons. The van der Waals surface area contributed by atoms with E-state index in [1.165, 1.54) is 30.1 Å². The van der Waals surface area contributed by atoms with Crippen molar-refractivity contribution in [3.63, 3.8) is 0 Å². The molecule has 0 N–H and O–H groups in total. The molecule has 31 heavy (non-hydrogen) atoms. The van der Waals surface area contributed by atoms with Crippen LogP contribution in [0.5, 0.6) is 5.75 Å². The van der Waals surface area contributed by atoms with Gasteiger partial charge in [-0.05, 0) is 55.7 Å². The van der Waals surface area contributed by atoms with Gasteiger partial charge < -0.3 is 9.47 Å². The maximum absolute atomic E-state index is 14.2. The Bertz CT molecular complexity index is 1110. The van der Waals surface area contributed by atoms with Crippen molar-refractivity contribution in [1.29, 1.82) is 0 Å². The number of halogens is 1. The van der Waals surface area contributed by atoms with Crippen LogP contribution in [-0.4, -0.2) is 33.9 Å². The zero-order valence-electron chi connectivity index (χ0n) is 17.2. The maximum atomic E-state index is 14.2. The molecule has 1 saturated carbocycles. The highest BCUT2D eigenvalue weighted by atomic mass is 19.1. The van der Waals surface area contributed by atoms with Gasteiger partial charge in [0.15, 0.2) is 5.78 Å². The number of hydrogen-bond acceptors (Lipinski definition) is 6. The van der Waals surface area contributed by atoms with E-state index in [-0.39, 0.29) is 23.4 Å². The molecule has 0 amide bonds. The minimum absolute atomic E-state index is 0.156. The fraction of sp³-hybridized carbons (Fsp3) is 0.304. The SMILES string of the molecule is CC[C@H](Oc1ccc(C(=O)C2CC2)cc1)c1cnn(-c2ccc(C(=O)OC)c(F)c2)n1. The number of esters is 1. The molecular weight excluding hydrogens is 401 g/mol. The van der Waals surface area contributed by atoms with Crippen molar-refractivity contribution < 1.29 is 23.5 Å². The lowest BCUT2D eigenvalue weighted by molar-refractivity contribution is 0.0595. The topological polar surface area (TPSA) is 83.3 Å². The van der Waals surface area contributed by atoms with E-state index in [0.29, 0.717) is 29.1 Å². The second-order valence-electron chi connectivity index (χ2n) is 7.39. The van der Waals surface area contributed by atoms with Crippen LogP contribution in [0.4, 0.5) is 4.39 Å². The number of carbonyl (C=O) groups excluding carboxylic acids is 2. The van der Waals surface area contributed by atoms with E-state index >= 15 is 0 Å². The van der Waals surface area contributed by atoms with Crippen LogP contribution >= 0.6 is 0 Å². The molecular formula is C23H22FN3O4. The number of hydrogen-bond donors (Lipinski definition) is 0. The van der Waals surface area contributed by atoms with E-state index in [2.05, 4.69) is 14.9 Å². The van der Waals surface area contributed by atoms with Crippen LogP contribution in [-0.2, 0) is 4.74 Å². The maximum Gasteiger partial charge on any atom is 0.340 e. The van der Waals surface area contributed by atoms with E-state index in [1.54, 1.807) is 30.5 Å². The van der Waals surface area contributed by atoms with Gasteiger partial charge in [0.1, 0.15) is 23.4 Å². The quantitative estimate of drug-likeness (QED) is 0.396. The highest BCUT2D eigenvalue weighted by Gasteiger charge is 2.30. The van der Waals surface area contributed by atoms with Gasteiger partial charge in [0, 0.05) is 17.5 Å². The minimum Gasteiger partial charge on any atom is -0.484 e. The molecule has 2 aromatic carbocycles. The summed E-state index contributed by atoms with van der Waals surface area (Å²) in [4.78, 5) is 25.0. The highest BCUT2D eigenvalue weighted by molar-refractivity contribution is 5.99. The van der Waals surface area contributed by atoms with E-state index in [0.717, 1.165) is 12.8 Å². The van der Waals surface area contributed by atoms with Crippen molar-refractivity contribution in [1.82, 2.24) is 15.0 Å². The molecule has 1 fully saturated rings. The third-order valence-corrected chi connectivity index (χ3v) is 5.16. The van der Waals surface area contributed by atoms with Gasteiger partial charge >= 0.3 is 5.97 Å². The molecule has 1 heterocycles. The number of rotatable bonds is 8. The number of ketones is 1. The van der Waals surface area contributed by atoms with E-state index in [9.17, 15) is 14.0 Å². The van der Waals surface area contributed by atoms with Gasteiger partial charge in [-0.15, -0.1) is 5.10 Å². The van der Waals surface area contributed by atoms with Gasteiger partial charge in [-0.3, -0.25) is 4.79 Å². The first-order valence-electron chi connectivity index (χ1n) is 10.1. The van der Waals surface area contributed by atoms with Crippen LogP contribution in [0.25, 0.3) is 5.69 Å². The number of carbonyl (C=O) groups is 2. The molecule has 1 aliphatic carbocycles. The fourth-order valence-electron chi connectivity index (χ4n) is 3.25. The monoisotopic (exact) mass is 423 g/mol. The Morgan fingerprint density at radius 3 is 2.55 bits per heavy atom. The summed E-state index contributed by atoms with van der Waals surface area (Å²) in [5.74, 6) is -0.472. The second-order valence-corrected chi connectivity index (χ2v) is 7.39. The average molecular weight is 423 g/mol. The van der Waals surface area contributed by atoms with Gasteiger partial charge in [0.2, 0.25) is 0 Å². The molecule has 3 aromatic rings. The van der Waals surface area contributed by atoms with Gasteiger partial charge in [0.25, 0.3) is 0 Å². The molecule has 0 radical (unpaired) electrons. The summed E-state index contributed by atoms with van der Waals surface area (Å²) in [5.41, 5.74) is 1.50. The van der Waals surface area contributed by atoms with Crippen molar-refractivity contribution in [3.05, 3.63) is 71.3 Å². The van der Waals surface area contributed by atoms with Crippen molar-refractivity contribution >= 4 is 11.8 Å². The van der Waals surface area contributed by atoms with Crippen LogP contribution < -0.4 is 4.74 Å². The van der Waals surface area contributed by atoms with E-state index in [4.69, 9.17) is 4.74 Å². The summed E-state index contributed by atoms with van der Waals surface area (Å²) < 4.78 is 24.8. The zero-order valence-corrected chi connectivity index (χ0v) is 17.2. The number of methoxy groups -OCH3 is 1. The van der Waals surface area contributed by atoms with Gasteiger partial charge in [0.05, 0.1) is 24.6 Å². The fourth-order valence-corrected chi connectivity index (χ4v) is 3.25. The molecule has 1 atom stereocenters. The molecule has 0 aliphatic heterocycles. The first-order chi connectivity index (χ1) is 15.0.